The summed E-state index contributed by atoms with van der Waals surface area (Å²) in [6, 6.07) is 6.83. The molecule has 0 bridgehead atoms. The number of ketones is 2. The Kier molecular flexibility index (Phi) is 7.63. The lowest BCUT2D eigenvalue weighted by atomic mass is 9.73. The van der Waals surface area contributed by atoms with Gasteiger partial charge in [0.1, 0.15) is 65.9 Å². The fourth-order valence-corrected chi connectivity index (χ4v) is 5.33. The zero-order valence-corrected chi connectivity index (χ0v) is 21.2. The Morgan fingerprint density at radius 3 is 2.32 bits per heavy atom. The number of aromatic hydroxyl groups is 1. The molecular formula is C27H29NO13. The third-order valence-electron chi connectivity index (χ3n) is 7.61. The number of hydrogen-bond donors (Lipinski definition) is 10. The van der Waals surface area contributed by atoms with Gasteiger partial charge in [-0.1, -0.05) is 18.2 Å². The lowest BCUT2D eigenvalue weighted by Crippen LogP contribution is -2.67. The first-order chi connectivity index (χ1) is 19.4. The molecule has 9 atom stereocenters. The van der Waals surface area contributed by atoms with Crippen LogP contribution in [0.25, 0.3) is 11.8 Å². The van der Waals surface area contributed by atoms with Gasteiger partial charge in [0.25, 0.3) is 0 Å². The van der Waals surface area contributed by atoms with Crippen molar-refractivity contribution in [1.82, 2.24) is 4.98 Å². The second-order valence-corrected chi connectivity index (χ2v) is 10.2. The molecule has 2 aliphatic heterocycles. The average Bonchev–Trinajstić information content (AvgIpc) is 3.54. The number of fused-ring (bicyclic) bond motifs is 1. The van der Waals surface area contributed by atoms with Crippen molar-refractivity contribution < 1.29 is 65.0 Å². The number of rotatable bonds is 6. The highest BCUT2D eigenvalue weighted by molar-refractivity contribution is 6.32. The second-order valence-electron chi connectivity index (χ2n) is 10.2. The number of benzene rings is 1. The van der Waals surface area contributed by atoms with Gasteiger partial charge in [0.15, 0.2) is 11.4 Å². The van der Waals surface area contributed by atoms with E-state index in [1.54, 1.807) is 0 Å². The minimum Gasteiger partial charge on any atom is -0.508 e. The molecule has 220 valence electrons. The summed E-state index contributed by atoms with van der Waals surface area (Å²) in [6.45, 7) is -1.13. The number of phenols is 1. The van der Waals surface area contributed by atoms with Gasteiger partial charge in [0, 0.05) is 11.3 Å². The minimum absolute atomic E-state index is 0.0188. The van der Waals surface area contributed by atoms with E-state index in [1.807, 2.05) is 0 Å². The van der Waals surface area contributed by atoms with Gasteiger partial charge >= 0.3 is 0 Å². The third-order valence-corrected chi connectivity index (χ3v) is 7.61. The quantitative estimate of drug-likeness (QED) is 0.128. The number of H-pyrrole nitrogens is 1. The van der Waals surface area contributed by atoms with Crippen molar-refractivity contribution in [3.05, 3.63) is 64.5 Å². The highest BCUT2D eigenvalue weighted by Crippen LogP contribution is 2.46. The van der Waals surface area contributed by atoms with Crippen molar-refractivity contribution in [2.45, 2.75) is 54.4 Å². The van der Waals surface area contributed by atoms with Gasteiger partial charge in [0.2, 0.25) is 5.78 Å². The van der Waals surface area contributed by atoms with Crippen LogP contribution in [0.15, 0.2) is 42.0 Å². The van der Waals surface area contributed by atoms with Crippen molar-refractivity contribution in [1.29, 1.82) is 0 Å². The van der Waals surface area contributed by atoms with Crippen LogP contribution in [-0.4, -0.2) is 118 Å². The summed E-state index contributed by atoms with van der Waals surface area (Å²) in [4.78, 5) is 29.9. The SMILES string of the molecule is O=C(C=Cc1ccc(O)cc1)C1=C(O)c2cc(C3OCC(O)C3O)[nH]c2C(O)(C2OC(CO)C(O)C(O)C2O)C1=O. The number of carbonyl (C=O) groups excluding carboxylic acids is 2. The third kappa shape index (κ3) is 4.68. The standard InChI is InChI=1S/C27H29NO13/c29-8-16-20(35)21(36)22(37)26(41-16)27(39)24-12(7-13(28-24)23-19(34)15(32)9-40-23)18(33)17(25(27)38)14(31)6-3-10-1-4-11(30)5-2-10/h1-7,15-16,19-23,26,28-30,32-37,39H,8-9H2. The number of aliphatic hydroxyl groups excluding tert-OH is 7. The smallest absolute Gasteiger partial charge is 0.211 e. The van der Waals surface area contributed by atoms with Gasteiger partial charge in [-0.3, -0.25) is 9.59 Å². The van der Waals surface area contributed by atoms with Crippen molar-refractivity contribution in [3.8, 4) is 5.75 Å². The molecule has 2 aromatic rings. The Balaban J connectivity index is 1.63. The molecule has 5 rings (SSSR count). The number of aliphatic hydroxyl groups is 8. The van der Waals surface area contributed by atoms with E-state index in [-0.39, 0.29) is 23.6 Å². The molecule has 1 aromatic carbocycles. The van der Waals surface area contributed by atoms with Crippen LogP contribution >= 0.6 is 0 Å². The first-order valence-electron chi connectivity index (χ1n) is 12.6. The van der Waals surface area contributed by atoms with E-state index in [4.69, 9.17) is 9.47 Å². The number of allylic oxidation sites excluding steroid dienone is 1. The number of aromatic amines is 1. The normalized spacial score (nSPS) is 35.7. The number of Topliss-reactive ketones (excluding diaryl/α,β-unsaturated/α-hetero) is 1. The summed E-state index contributed by atoms with van der Waals surface area (Å²) in [5.74, 6) is -3.39. The molecular weight excluding hydrogens is 546 g/mol. The first kappa shape index (κ1) is 29.1. The molecule has 3 heterocycles. The molecule has 14 heteroatoms. The van der Waals surface area contributed by atoms with Gasteiger partial charge in [0.05, 0.1) is 18.9 Å². The van der Waals surface area contributed by atoms with Gasteiger partial charge in [-0.2, -0.15) is 0 Å². The monoisotopic (exact) mass is 575 g/mol. The maximum atomic E-state index is 13.9. The highest BCUT2D eigenvalue weighted by atomic mass is 16.6. The van der Waals surface area contributed by atoms with Gasteiger partial charge in [-0.25, -0.2) is 0 Å². The lowest BCUT2D eigenvalue weighted by Gasteiger charge is -2.46. The predicted molar refractivity (Wildman–Crippen MR) is 136 cm³/mol. The summed E-state index contributed by atoms with van der Waals surface area (Å²) in [5, 5.41) is 93.9. The molecule has 2 fully saturated rings. The van der Waals surface area contributed by atoms with Crippen LogP contribution in [0, 0.1) is 0 Å². The molecule has 2 saturated heterocycles. The Bertz CT molecular complexity index is 1400. The van der Waals surface area contributed by atoms with Crippen LogP contribution in [0.4, 0.5) is 0 Å². The second kappa shape index (κ2) is 10.8. The van der Waals surface area contributed by atoms with Gasteiger partial charge < -0.3 is 60.4 Å². The van der Waals surface area contributed by atoms with E-state index in [1.165, 1.54) is 36.4 Å². The van der Waals surface area contributed by atoms with Crippen LogP contribution in [0.5, 0.6) is 5.75 Å². The number of nitrogens with one attached hydrogen (secondary N) is 1. The Morgan fingerprint density at radius 2 is 1.71 bits per heavy atom. The van der Waals surface area contributed by atoms with Crippen molar-refractivity contribution in [2.24, 2.45) is 0 Å². The highest BCUT2D eigenvalue weighted by Gasteiger charge is 2.61. The van der Waals surface area contributed by atoms with E-state index in [0.29, 0.717) is 5.56 Å². The van der Waals surface area contributed by atoms with E-state index in [0.717, 1.165) is 6.08 Å². The topological polar surface area (TPSA) is 250 Å². The summed E-state index contributed by atoms with van der Waals surface area (Å²) in [6.07, 6.45) is -11.2. The molecule has 14 nitrogen and oxygen atoms in total. The molecule has 0 radical (unpaired) electrons. The summed E-state index contributed by atoms with van der Waals surface area (Å²) < 4.78 is 10.9. The minimum atomic E-state index is -3.01. The van der Waals surface area contributed by atoms with Crippen molar-refractivity contribution >= 4 is 23.4 Å². The van der Waals surface area contributed by atoms with Crippen molar-refractivity contribution in [2.75, 3.05) is 13.2 Å². The average molecular weight is 576 g/mol. The van der Waals surface area contributed by atoms with Gasteiger partial charge in [-0.15, -0.1) is 0 Å². The maximum absolute atomic E-state index is 13.9. The van der Waals surface area contributed by atoms with Crippen LogP contribution in [-0.2, 0) is 24.7 Å². The van der Waals surface area contributed by atoms with Crippen LogP contribution in [0.1, 0.15) is 28.6 Å². The number of carbonyl (C=O) groups is 2. The van der Waals surface area contributed by atoms with Crippen molar-refractivity contribution in [3.63, 3.8) is 0 Å². The van der Waals surface area contributed by atoms with E-state index >= 15 is 0 Å². The number of phenolic OH excluding ortho intramolecular Hbond substituents is 1. The zero-order valence-electron chi connectivity index (χ0n) is 21.2. The summed E-state index contributed by atoms with van der Waals surface area (Å²) in [7, 11) is 0. The van der Waals surface area contributed by atoms with Crippen LogP contribution < -0.4 is 0 Å². The fourth-order valence-electron chi connectivity index (χ4n) is 5.33. The molecule has 0 saturated carbocycles. The predicted octanol–water partition coefficient (Wildman–Crippen LogP) is -2.32. The van der Waals surface area contributed by atoms with E-state index < -0.39 is 89.6 Å². The Hall–Kier alpha value is -3.44. The summed E-state index contributed by atoms with van der Waals surface area (Å²) >= 11 is 0. The first-order valence-corrected chi connectivity index (χ1v) is 12.6. The number of hydrogen-bond acceptors (Lipinski definition) is 13. The van der Waals surface area contributed by atoms with E-state index in [9.17, 15) is 55.5 Å². The summed E-state index contributed by atoms with van der Waals surface area (Å²) in [5.41, 5.74) is -4.29. The molecule has 0 spiro atoms. The number of ether oxygens (including phenoxy) is 2. The fraction of sp³-hybridized carbons (Fsp3) is 0.407. The zero-order chi connectivity index (χ0) is 29.8. The lowest BCUT2D eigenvalue weighted by molar-refractivity contribution is -0.268. The molecule has 10 N–H and O–H groups in total. The molecule has 1 aromatic heterocycles. The molecule has 41 heavy (non-hydrogen) atoms. The van der Waals surface area contributed by atoms with Crippen LogP contribution in [0.2, 0.25) is 0 Å². The van der Waals surface area contributed by atoms with Crippen LogP contribution in [0.3, 0.4) is 0 Å². The largest absolute Gasteiger partial charge is 0.508 e. The van der Waals surface area contributed by atoms with E-state index in [2.05, 4.69) is 4.98 Å². The molecule has 0 amide bonds. The number of aromatic nitrogens is 1. The molecule has 9 unspecified atom stereocenters. The Labute approximate surface area is 231 Å². The maximum Gasteiger partial charge on any atom is 0.211 e. The Morgan fingerprint density at radius 1 is 1.02 bits per heavy atom. The van der Waals surface area contributed by atoms with Gasteiger partial charge in [-0.05, 0) is 29.8 Å². The molecule has 1 aliphatic carbocycles. The molecule has 3 aliphatic rings.